The van der Waals surface area contributed by atoms with Gasteiger partial charge in [-0.25, -0.2) is 0 Å². The van der Waals surface area contributed by atoms with Gasteiger partial charge in [-0.05, 0) is 45.2 Å². The van der Waals surface area contributed by atoms with E-state index in [1.54, 1.807) is 7.11 Å². The molecule has 0 spiro atoms. The molecule has 1 unspecified atom stereocenters. The zero-order chi connectivity index (χ0) is 15.2. The molecule has 0 aliphatic rings. The Morgan fingerprint density at radius 2 is 1.80 bits per heavy atom. The summed E-state index contributed by atoms with van der Waals surface area (Å²) in [5.74, 6) is 1.44. The number of para-hydroxylation sites is 2. The minimum atomic E-state index is -0.125. The Morgan fingerprint density at radius 3 is 2.40 bits per heavy atom. The van der Waals surface area contributed by atoms with E-state index >= 15 is 0 Å². The lowest BCUT2D eigenvalue weighted by Gasteiger charge is -2.28. The zero-order valence-electron chi connectivity index (χ0n) is 13.7. The van der Waals surface area contributed by atoms with E-state index in [-0.39, 0.29) is 5.60 Å². The molecule has 3 heteroatoms. The summed E-state index contributed by atoms with van der Waals surface area (Å²) in [4.78, 5) is 0. The summed E-state index contributed by atoms with van der Waals surface area (Å²) in [6, 6.07) is 8.42. The van der Waals surface area contributed by atoms with Crippen molar-refractivity contribution in [3.05, 3.63) is 24.3 Å². The third kappa shape index (κ3) is 5.83. The molecule has 0 fully saturated rings. The van der Waals surface area contributed by atoms with Crippen molar-refractivity contribution in [2.24, 2.45) is 5.92 Å². The molecule has 114 valence electrons. The number of hydrogen-bond donors (Lipinski definition) is 1. The second-order valence-corrected chi connectivity index (χ2v) is 6.41. The van der Waals surface area contributed by atoms with Gasteiger partial charge >= 0.3 is 0 Å². The first-order valence-electron chi connectivity index (χ1n) is 7.37. The van der Waals surface area contributed by atoms with Crippen LogP contribution >= 0.6 is 0 Å². The van der Waals surface area contributed by atoms with Gasteiger partial charge in [-0.15, -0.1) is 0 Å². The van der Waals surface area contributed by atoms with Gasteiger partial charge in [0, 0.05) is 13.2 Å². The third-order valence-corrected chi connectivity index (χ3v) is 3.21. The van der Waals surface area contributed by atoms with Crippen molar-refractivity contribution in [2.75, 3.05) is 19.0 Å². The Labute approximate surface area is 123 Å². The number of anilines is 1. The average Bonchev–Trinajstić information content (AvgIpc) is 2.37. The quantitative estimate of drug-likeness (QED) is 0.768. The SMILES string of the molecule is COC(C)(C)CC(C)Nc1ccccc1OCC(C)C. The van der Waals surface area contributed by atoms with Gasteiger partial charge in [0.05, 0.1) is 17.9 Å². The summed E-state index contributed by atoms with van der Waals surface area (Å²) >= 11 is 0. The van der Waals surface area contributed by atoms with E-state index in [0.717, 1.165) is 24.5 Å². The number of nitrogens with one attached hydrogen (secondary N) is 1. The standard InChI is InChI=1S/C17H29NO2/c1-13(2)12-20-16-10-8-7-9-15(16)18-14(3)11-17(4,5)19-6/h7-10,13-14,18H,11-12H2,1-6H3. The number of benzene rings is 1. The molecule has 0 radical (unpaired) electrons. The van der Waals surface area contributed by atoms with Crippen LogP contribution in [0.1, 0.15) is 41.0 Å². The van der Waals surface area contributed by atoms with E-state index < -0.39 is 0 Å². The number of ether oxygens (including phenoxy) is 2. The van der Waals surface area contributed by atoms with Gasteiger partial charge in [-0.2, -0.15) is 0 Å². The molecule has 0 saturated heterocycles. The largest absolute Gasteiger partial charge is 0.491 e. The van der Waals surface area contributed by atoms with E-state index in [1.807, 2.05) is 18.2 Å². The van der Waals surface area contributed by atoms with E-state index in [2.05, 4.69) is 46.0 Å². The van der Waals surface area contributed by atoms with Crippen LogP contribution < -0.4 is 10.1 Å². The third-order valence-electron chi connectivity index (χ3n) is 3.21. The highest BCUT2D eigenvalue weighted by atomic mass is 16.5. The van der Waals surface area contributed by atoms with E-state index in [1.165, 1.54) is 0 Å². The summed E-state index contributed by atoms with van der Waals surface area (Å²) in [7, 11) is 1.76. The highest BCUT2D eigenvalue weighted by Gasteiger charge is 2.20. The fourth-order valence-corrected chi connectivity index (χ4v) is 2.11. The van der Waals surface area contributed by atoms with Crippen LogP contribution in [0.5, 0.6) is 5.75 Å². The van der Waals surface area contributed by atoms with Gasteiger partial charge in [0.25, 0.3) is 0 Å². The molecule has 1 N–H and O–H groups in total. The van der Waals surface area contributed by atoms with E-state index in [9.17, 15) is 0 Å². The van der Waals surface area contributed by atoms with Crippen molar-refractivity contribution in [1.82, 2.24) is 0 Å². The topological polar surface area (TPSA) is 30.5 Å². The first kappa shape index (κ1) is 16.8. The van der Waals surface area contributed by atoms with Gasteiger partial charge in [0.1, 0.15) is 5.75 Å². The van der Waals surface area contributed by atoms with E-state index in [0.29, 0.717) is 12.0 Å². The maximum atomic E-state index is 5.86. The summed E-state index contributed by atoms with van der Waals surface area (Å²) in [6.45, 7) is 11.4. The molecule has 0 bridgehead atoms. The minimum Gasteiger partial charge on any atom is -0.491 e. The summed E-state index contributed by atoms with van der Waals surface area (Å²) in [5.41, 5.74) is 0.924. The van der Waals surface area contributed by atoms with E-state index in [4.69, 9.17) is 9.47 Å². The van der Waals surface area contributed by atoms with Gasteiger partial charge in [-0.1, -0.05) is 26.0 Å². The Kier molecular flexibility index (Phi) is 6.34. The van der Waals surface area contributed by atoms with Crippen molar-refractivity contribution < 1.29 is 9.47 Å². The van der Waals surface area contributed by atoms with Gasteiger partial charge < -0.3 is 14.8 Å². The lowest BCUT2D eigenvalue weighted by atomic mass is 9.99. The molecule has 0 heterocycles. The fourth-order valence-electron chi connectivity index (χ4n) is 2.11. The second kappa shape index (κ2) is 7.53. The molecular weight excluding hydrogens is 250 g/mol. The van der Waals surface area contributed by atoms with Crippen LogP contribution in [0.2, 0.25) is 0 Å². The summed E-state index contributed by atoms with van der Waals surface area (Å²) in [6.07, 6.45) is 0.933. The highest BCUT2D eigenvalue weighted by molar-refractivity contribution is 5.56. The van der Waals surface area contributed by atoms with Crippen LogP contribution in [0.25, 0.3) is 0 Å². The molecule has 0 aromatic heterocycles. The molecule has 1 aromatic carbocycles. The molecule has 0 aliphatic heterocycles. The smallest absolute Gasteiger partial charge is 0.142 e. The van der Waals surface area contributed by atoms with Crippen LogP contribution in [0, 0.1) is 5.92 Å². The molecule has 3 nitrogen and oxygen atoms in total. The number of rotatable bonds is 8. The minimum absolute atomic E-state index is 0.125. The number of methoxy groups -OCH3 is 1. The zero-order valence-corrected chi connectivity index (χ0v) is 13.7. The maximum Gasteiger partial charge on any atom is 0.142 e. The summed E-state index contributed by atoms with van der Waals surface area (Å²) in [5, 5.41) is 3.52. The Bertz CT molecular complexity index is 402. The van der Waals surface area contributed by atoms with Gasteiger partial charge in [-0.3, -0.25) is 0 Å². The Hall–Kier alpha value is -1.22. The molecule has 0 saturated carbocycles. The average molecular weight is 279 g/mol. The van der Waals surface area contributed by atoms with Crippen LogP contribution in [0.3, 0.4) is 0 Å². The van der Waals surface area contributed by atoms with Crippen LogP contribution in [-0.4, -0.2) is 25.4 Å². The molecular formula is C17H29NO2. The van der Waals surface area contributed by atoms with Crippen LogP contribution in [0.4, 0.5) is 5.69 Å². The summed E-state index contributed by atoms with van der Waals surface area (Å²) < 4.78 is 11.3. The second-order valence-electron chi connectivity index (χ2n) is 6.41. The van der Waals surface area contributed by atoms with Crippen molar-refractivity contribution in [3.8, 4) is 5.75 Å². The van der Waals surface area contributed by atoms with Crippen LogP contribution in [-0.2, 0) is 4.74 Å². The van der Waals surface area contributed by atoms with Crippen molar-refractivity contribution in [1.29, 1.82) is 0 Å². The monoisotopic (exact) mass is 279 g/mol. The maximum absolute atomic E-state index is 5.86. The van der Waals surface area contributed by atoms with Gasteiger partial charge in [0.2, 0.25) is 0 Å². The van der Waals surface area contributed by atoms with Gasteiger partial charge in [0.15, 0.2) is 0 Å². The van der Waals surface area contributed by atoms with Crippen molar-refractivity contribution in [2.45, 2.75) is 52.7 Å². The molecule has 20 heavy (non-hydrogen) atoms. The predicted octanol–water partition coefficient (Wildman–Crippen LogP) is 4.34. The molecule has 0 amide bonds. The molecule has 1 aromatic rings. The van der Waals surface area contributed by atoms with Crippen molar-refractivity contribution in [3.63, 3.8) is 0 Å². The lowest BCUT2D eigenvalue weighted by molar-refractivity contribution is 0.0128. The molecule has 1 atom stereocenters. The number of hydrogen-bond acceptors (Lipinski definition) is 3. The normalized spacial score (nSPS) is 13.3. The Balaban J connectivity index is 2.67. The predicted molar refractivity (Wildman–Crippen MR) is 85.6 cm³/mol. The molecule has 0 aliphatic carbocycles. The first-order chi connectivity index (χ1) is 9.34. The van der Waals surface area contributed by atoms with Crippen LogP contribution in [0.15, 0.2) is 24.3 Å². The highest BCUT2D eigenvalue weighted by Crippen LogP contribution is 2.27. The van der Waals surface area contributed by atoms with Crippen molar-refractivity contribution >= 4 is 5.69 Å². The molecule has 1 rings (SSSR count). The lowest BCUT2D eigenvalue weighted by Crippen LogP contribution is -2.31. The fraction of sp³-hybridized carbons (Fsp3) is 0.647. The Morgan fingerprint density at radius 1 is 1.15 bits per heavy atom. The first-order valence-corrected chi connectivity index (χ1v) is 7.37.